The maximum absolute atomic E-state index is 12.6. The van der Waals surface area contributed by atoms with Crippen LogP contribution in [0.1, 0.15) is 36.0 Å². The molecule has 4 rings (SSSR count). The van der Waals surface area contributed by atoms with Gasteiger partial charge in [0.2, 0.25) is 5.91 Å². The Hall–Kier alpha value is -2.70. The number of nitrogens with one attached hydrogen (secondary N) is 1. The summed E-state index contributed by atoms with van der Waals surface area (Å²) in [5.74, 6) is 0.422. The minimum Gasteiger partial charge on any atom is -0.352 e. The summed E-state index contributed by atoms with van der Waals surface area (Å²) in [7, 11) is 0. The van der Waals surface area contributed by atoms with Crippen molar-refractivity contribution in [1.29, 1.82) is 0 Å². The number of benzene rings is 2. The highest BCUT2D eigenvalue weighted by Crippen LogP contribution is 2.20. The first-order valence-corrected chi connectivity index (χ1v) is 11.3. The minimum atomic E-state index is -0.0609. The molecule has 6 heteroatoms. The quantitative estimate of drug-likeness (QED) is 0.745. The molecule has 1 N–H and O–H groups in total. The fourth-order valence-corrected chi connectivity index (χ4v) is 4.30. The molecule has 2 aromatic carbocycles. The number of hydrogen-bond donors (Lipinski definition) is 1. The van der Waals surface area contributed by atoms with Crippen molar-refractivity contribution in [3.63, 3.8) is 0 Å². The monoisotopic (exact) mass is 421 g/mol. The van der Waals surface area contributed by atoms with E-state index in [1.807, 2.05) is 52.4 Å². The topological polar surface area (TPSA) is 61.9 Å². The molecule has 6 nitrogen and oxygen atoms in total. The summed E-state index contributed by atoms with van der Waals surface area (Å²) in [4.78, 5) is 32.6. The van der Waals surface area contributed by atoms with Crippen LogP contribution in [0.25, 0.3) is 11.1 Å². The number of piperidine rings is 1. The number of rotatable bonds is 7. The zero-order valence-electron chi connectivity index (χ0n) is 18.0. The van der Waals surface area contributed by atoms with Crippen molar-refractivity contribution in [3.05, 3.63) is 60.2 Å². The number of carbonyl (C=O) groups is 2. The Morgan fingerprint density at radius 1 is 0.968 bits per heavy atom. The molecule has 0 spiro atoms. The zero-order valence-corrected chi connectivity index (χ0v) is 18.0. The standard InChI is InChI=1S/C25H31N3O3/c29-24(13-16-28-15-5-17-31-28)27-14-4-6-20(19-27)18-26-25(30)23-11-9-22(10-12-23)21-7-2-1-3-8-21/h1-3,7-12,20H,4-6,13-19H2,(H,26,30)/t20-/m0/s1. The Labute approximate surface area is 184 Å². The van der Waals surface area contributed by atoms with E-state index >= 15 is 0 Å². The molecule has 0 aliphatic carbocycles. The van der Waals surface area contributed by atoms with Gasteiger partial charge in [0.05, 0.1) is 6.61 Å². The van der Waals surface area contributed by atoms with Crippen LogP contribution in [0.4, 0.5) is 0 Å². The van der Waals surface area contributed by atoms with Crippen molar-refractivity contribution in [2.45, 2.75) is 25.7 Å². The van der Waals surface area contributed by atoms with Gasteiger partial charge in [0.25, 0.3) is 5.91 Å². The van der Waals surface area contributed by atoms with E-state index in [-0.39, 0.29) is 11.8 Å². The maximum atomic E-state index is 12.6. The predicted molar refractivity (Wildman–Crippen MR) is 120 cm³/mol. The van der Waals surface area contributed by atoms with Crippen molar-refractivity contribution in [2.24, 2.45) is 5.92 Å². The normalized spacial score (nSPS) is 19.4. The molecule has 0 unspecified atom stereocenters. The summed E-state index contributed by atoms with van der Waals surface area (Å²) in [5.41, 5.74) is 2.89. The van der Waals surface area contributed by atoms with E-state index in [0.717, 1.165) is 50.1 Å². The molecule has 2 heterocycles. The van der Waals surface area contributed by atoms with Crippen LogP contribution in [0.15, 0.2) is 54.6 Å². The number of nitrogens with zero attached hydrogens (tertiary/aromatic N) is 2. The first-order chi connectivity index (χ1) is 15.2. The first kappa shape index (κ1) is 21.5. The summed E-state index contributed by atoms with van der Waals surface area (Å²) in [6.45, 7) is 4.45. The molecule has 2 aromatic rings. The molecule has 0 radical (unpaired) electrons. The lowest BCUT2D eigenvalue weighted by Gasteiger charge is -2.33. The van der Waals surface area contributed by atoms with Crippen LogP contribution in [0, 0.1) is 5.92 Å². The maximum Gasteiger partial charge on any atom is 0.251 e. The van der Waals surface area contributed by atoms with Crippen LogP contribution in [-0.4, -0.2) is 61.1 Å². The second-order valence-corrected chi connectivity index (χ2v) is 8.37. The number of amides is 2. The molecular weight excluding hydrogens is 390 g/mol. The van der Waals surface area contributed by atoms with Crippen LogP contribution in [0.2, 0.25) is 0 Å². The Kier molecular flexibility index (Phi) is 7.33. The SMILES string of the molecule is O=C(NC[C@@H]1CCCN(C(=O)CCN2CCCO2)C1)c1ccc(-c2ccccc2)cc1. The van der Waals surface area contributed by atoms with Gasteiger partial charge in [-0.15, -0.1) is 0 Å². The van der Waals surface area contributed by atoms with Gasteiger partial charge in [-0.2, -0.15) is 5.06 Å². The van der Waals surface area contributed by atoms with Crippen molar-refractivity contribution in [3.8, 4) is 11.1 Å². The average Bonchev–Trinajstić information content (AvgIpc) is 3.35. The molecule has 2 fully saturated rings. The van der Waals surface area contributed by atoms with E-state index in [1.54, 1.807) is 0 Å². The minimum absolute atomic E-state index is 0.0609. The number of likely N-dealkylation sites (tertiary alicyclic amines) is 1. The van der Waals surface area contributed by atoms with Crippen molar-refractivity contribution >= 4 is 11.8 Å². The average molecular weight is 422 g/mol. The first-order valence-electron chi connectivity index (χ1n) is 11.3. The molecule has 31 heavy (non-hydrogen) atoms. The summed E-state index contributed by atoms with van der Waals surface area (Å²) in [5, 5.41) is 4.95. The number of carbonyl (C=O) groups excluding carboxylic acids is 2. The molecule has 0 aromatic heterocycles. The Balaban J connectivity index is 1.23. The zero-order chi connectivity index (χ0) is 21.5. The summed E-state index contributed by atoms with van der Waals surface area (Å²) in [6, 6.07) is 17.8. The van der Waals surface area contributed by atoms with Crippen LogP contribution < -0.4 is 5.32 Å². The van der Waals surface area contributed by atoms with Gasteiger partial charge >= 0.3 is 0 Å². The van der Waals surface area contributed by atoms with Crippen LogP contribution >= 0.6 is 0 Å². The van der Waals surface area contributed by atoms with Crippen molar-refractivity contribution < 1.29 is 14.4 Å². The van der Waals surface area contributed by atoms with Crippen molar-refractivity contribution in [2.75, 3.05) is 39.3 Å². The third kappa shape index (κ3) is 5.93. The molecule has 2 amide bonds. The third-order valence-corrected chi connectivity index (χ3v) is 6.08. The lowest BCUT2D eigenvalue weighted by molar-refractivity contribution is -0.140. The molecule has 2 aliphatic rings. The molecule has 2 saturated heterocycles. The van der Waals surface area contributed by atoms with Gasteiger partial charge in [0.1, 0.15) is 0 Å². The molecule has 1 atom stereocenters. The molecular formula is C25H31N3O3. The van der Waals surface area contributed by atoms with Gasteiger partial charge in [-0.25, -0.2) is 0 Å². The highest BCUT2D eigenvalue weighted by molar-refractivity contribution is 5.94. The fraction of sp³-hybridized carbons (Fsp3) is 0.440. The van der Waals surface area contributed by atoms with E-state index < -0.39 is 0 Å². The lowest BCUT2D eigenvalue weighted by atomic mass is 9.97. The van der Waals surface area contributed by atoms with Gasteiger partial charge in [-0.05, 0) is 48.4 Å². The summed E-state index contributed by atoms with van der Waals surface area (Å²) in [6.07, 6.45) is 3.55. The van der Waals surface area contributed by atoms with E-state index in [4.69, 9.17) is 4.84 Å². The van der Waals surface area contributed by atoms with Gasteiger partial charge in [0, 0.05) is 44.7 Å². The van der Waals surface area contributed by atoms with Crippen LogP contribution in [0.3, 0.4) is 0 Å². The second-order valence-electron chi connectivity index (χ2n) is 8.37. The smallest absolute Gasteiger partial charge is 0.251 e. The molecule has 2 aliphatic heterocycles. The predicted octanol–water partition coefficient (Wildman–Crippen LogP) is 3.35. The van der Waals surface area contributed by atoms with Gasteiger partial charge < -0.3 is 10.2 Å². The third-order valence-electron chi connectivity index (χ3n) is 6.08. The van der Waals surface area contributed by atoms with Crippen LogP contribution in [0.5, 0.6) is 0 Å². The Morgan fingerprint density at radius 3 is 2.48 bits per heavy atom. The van der Waals surface area contributed by atoms with E-state index in [9.17, 15) is 9.59 Å². The van der Waals surface area contributed by atoms with E-state index in [1.165, 1.54) is 0 Å². The summed E-state index contributed by atoms with van der Waals surface area (Å²) >= 11 is 0. The second kappa shape index (κ2) is 10.6. The van der Waals surface area contributed by atoms with Crippen molar-refractivity contribution in [1.82, 2.24) is 15.3 Å². The summed E-state index contributed by atoms with van der Waals surface area (Å²) < 4.78 is 0. The molecule has 0 bridgehead atoms. The van der Waals surface area contributed by atoms with E-state index in [2.05, 4.69) is 17.4 Å². The Bertz CT molecular complexity index is 863. The molecule has 0 saturated carbocycles. The number of hydroxylamine groups is 2. The van der Waals surface area contributed by atoms with E-state index in [0.29, 0.717) is 37.5 Å². The van der Waals surface area contributed by atoms with Gasteiger partial charge in [-0.1, -0.05) is 42.5 Å². The highest BCUT2D eigenvalue weighted by Gasteiger charge is 2.25. The number of hydrogen-bond acceptors (Lipinski definition) is 4. The van der Waals surface area contributed by atoms with Gasteiger partial charge in [0.15, 0.2) is 0 Å². The molecule has 164 valence electrons. The Morgan fingerprint density at radius 2 is 1.74 bits per heavy atom. The van der Waals surface area contributed by atoms with Crippen LogP contribution in [-0.2, 0) is 9.63 Å². The highest BCUT2D eigenvalue weighted by atomic mass is 16.7. The van der Waals surface area contributed by atoms with Gasteiger partial charge in [-0.3, -0.25) is 14.4 Å². The fourth-order valence-electron chi connectivity index (χ4n) is 4.30. The lowest BCUT2D eigenvalue weighted by Crippen LogP contribution is -2.44. The largest absolute Gasteiger partial charge is 0.352 e.